The molecule has 1 fully saturated rings. The van der Waals surface area contributed by atoms with E-state index in [4.69, 9.17) is 5.73 Å². The van der Waals surface area contributed by atoms with E-state index < -0.39 is 9.84 Å². The first kappa shape index (κ1) is 15.4. The lowest BCUT2D eigenvalue weighted by Gasteiger charge is -2.32. The van der Waals surface area contributed by atoms with Gasteiger partial charge in [0.15, 0.2) is 9.84 Å². The summed E-state index contributed by atoms with van der Waals surface area (Å²) in [5.74, 6) is 0.534. The van der Waals surface area contributed by atoms with Crippen LogP contribution < -0.4 is 5.73 Å². The van der Waals surface area contributed by atoms with Crippen LogP contribution in [0.25, 0.3) is 0 Å². The maximum Gasteiger partial charge on any atom is 0.151 e. The Labute approximate surface area is 127 Å². The third kappa shape index (κ3) is 4.01. The van der Waals surface area contributed by atoms with Gasteiger partial charge in [-0.1, -0.05) is 0 Å². The Hall–Kier alpha value is 0.0500. The van der Waals surface area contributed by atoms with E-state index in [1.54, 1.807) is 11.3 Å². The summed E-state index contributed by atoms with van der Waals surface area (Å²) in [6.07, 6.45) is 0.693. The van der Waals surface area contributed by atoms with Crippen LogP contribution in [0.2, 0.25) is 0 Å². The molecule has 0 saturated carbocycles. The predicted octanol–water partition coefficient (Wildman–Crippen LogP) is 2.02. The van der Waals surface area contributed by atoms with E-state index in [1.807, 2.05) is 13.0 Å². The first-order valence-corrected chi connectivity index (χ1v) is 9.77. The van der Waals surface area contributed by atoms with Gasteiger partial charge < -0.3 is 5.73 Å². The second-order valence-electron chi connectivity index (χ2n) is 4.99. The van der Waals surface area contributed by atoms with E-state index in [0.29, 0.717) is 18.7 Å². The second-order valence-corrected chi connectivity index (χ2v) is 9.79. The first-order valence-electron chi connectivity index (χ1n) is 6.34. The Morgan fingerprint density at radius 3 is 2.68 bits per heavy atom. The summed E-state index contributed by atoms with van der Waals surface area (Å²) in [7, 11) is -2.88. The van der Waals surface area contributed by atoms with Crippen LogP contribution in [-0.2, 0) is 9.84 Å². The molecule has 0 radical (unpaired) electrons. The molecule has 2 N–H and O–H groups in total. The van der Waals surface area contributed by atoms with Crippen molar-refractivity contribution in [3.05, 3.63) is 20.8 Å². The Kier molecular flexibility index (Phi) is 5.05. The van der Waals surface area contributed by atoms with Crippen molar-refractivity contribution in [2.75, 3.05) is 24.6 Å². The molecule has 0 aromatic carbocycles. The zero-order valence-corrected chi connectivity index (χ0v) is 14.1. The number of nitrogens with two attached hydrogens (primary N) is 1. The molecule has 1 aromatic rings. The highest BCUT2D eigenvalue weighted by Crippen LogP contribution is 2.33. The molecule has 108 valence electrons. The summed E-state index contributed by atoms with van der Waals surface area (Å²) in [6, 6.07) is 4.17. The van der Waals surface area contributed by atoms with Crippen LogP contribution in [0.4, 0.5) is 0 Å². The molecule has 4 nitrogen and oxygen atoms in total. The largest absolute Gasteiger partial charge is 0.326 e. The molecule has 0 bridgehead atoms. The van der Waals surface area contributed by atoms with E-state index in [9.17, 15) is 8.42 Å². The molecule has 19 heavy (non-hydrogen) atoms. The topological polar surface area (TPSA) is 63.4 Å². The summed E-state index contributed by atoms with van der Waals surface area (Å²) in [6.45, 7) is 3.35. The fourth-order valence-electron chi connectivity index (χ4n) is 2.49. The van der Waals surface area contributed by atoms with Gasteiger partial charge in [-0.05, 0) is 48.0 Å². The third-order valence-corrected chi connectivity index (χ3v) is 6.78. The zero-order chi connectivity index (χ0) is 14.0. The number of halogens is 1. The number of hydrogen-bond acceptors (Lipinski definition) is 5. The van der Waals surface area contributed by atoms with E-state index in [-0.39, 0.29) is 17.8 Å². The van der Waals surface area contributed by atoms with Gasteiger partial charge in [-0.25, -0.2) is 8.42 Å². The number of rotatable bonds is 3. The van der Waals surface area contributed by atoms with Crippen molar-refractivity contribution in [2.24, 2.45) is 5.73 Å². The lowest BCUT2D eigenvalue weighted by atomic mass is 10.1. The van der Waals surface area contributed by atoms with Crippen molar-refractivity contribution < 1.29 is 8.42 Å². The molecule has 1 saturated heterocycles. The quantitative estimate of drug-likeness (QED) is 0.888. The maximum absolute atomic E-state index is 11.7. The fraction of sp³-hybridized carbons (Fsp3) is 0.667. The minimum atomic E-state index is -2.88. The lowest BCUT2D eigenvalue weighted by Crippen LogP contribution is -2.40. The lowest BCUT2D eigenvalue weighted by molar-refractivity contribution is 0.193. The van der Waals surface area contributed by atoms with Crippen molar-refractivity contribution in [1.29, 1.82) is 0 Å². The molecule has 1 aromatic heterocycles. The average Bonchev–Trinajstić information content (AvgIpc) is 2.63. The highest BCUT2D eigenvalue weighted by atomic mass is 79.9. The standard InChI is InChI=1S/C12H19BrN2O2S2/c1-9(14)12(10-3-4-11(13)18-10)15-5-2-7-19(16,17)8-6-15/h3-4,9,12H,2,5-8,14H2,1H3. The summed E-state index contributed by atoms with van der Waals surface area (Å²) in [5, 5.41) is 0. The van der Waals surface area contributed by atoms with E-state index in [0.717, 1.165) is 10.3 Å². The third-order valence-electron chi connectivity index (χ3n) is 3.37. The van der Waals surface area contributed by atoms with Crippen molar-refractivity contribution in [3.63, 3.8) is 0 Å². The van der Waals surface area contributed by atoms with E-state index in [1.165, 1.54) is 4.88 Å². The molecule has 0 spiro atoms. The van der Waals surface area contributed by atoms with E-state index in [2.05, 4.69) is 26.9 Å². The molecular weight excluding hydrogens is 348 g/mol. The highest BCUT2D eigenvalue weighted by molar-refractivity contribution is 9.11. The highest BCUT2D eigenvalue weighted by Gasteiger charge is 2.29. The van der Waals surface area contributed by atoms with Gasteiger partial charge in [-0.3, -0.25) is 4.90 Å². The average molecular weight is 367 g/mol. The molecule has 0 aliphatic carbocycles. The number of nitrogens with zero attached hydrogens (tertiary/aromatic N) is 1. The number of hydrogen-bond donors (Lipinski definition) is 1. The van der Waals surface area contributed by atoms with Crippen LogP contribution in [0.1, 0.15) is 24.3 Å². The van der Waals surface area contributed by atoms with Gasteiger partial charge in [0.25, 0.3) is 0 Å². The van der Waals surface area contributed by atoms with Crippen molar-refractivity contribution in [3.8, 4) is 0 Å². The molecule has 1 aliphatic rings. The molecule has 2 atom stereocenters. The van der Waals surface area contributed by atoms with Crippen molar-refractivity contribution >= 4 is 37.1 Å². The SMILES string of the molecule is CC(N)C(c1ccc(Br)s1)N1CCCS(=O)(=O)CC1. The zero-order valence-electron chi connectivity index (χ0n) is 10.9. The fourth-order valence-corrected chi connectivity index (χ4v) is 5.46. The van der Waals surface area contributed by atoms with Gasteiger partial charge in [-0.15, -0.1) is 11.3 Å². The van der Waals surface area contributed by atoms with E-state index >= 15 is 0 Å². The Morgan fingerprint density at radius 2 is 2.11 bits per heavy atom. The second kappa shape index (κ2) is 6.22. The first-order chi connectivity index (χ1) is 8.89. The number of sulfone groups is 1. The monoisotopic (exact) mass is 366 g/mol. The van der Waals surface area contributed by atoms with Gasteiger partial charge in [0, 0.05) is 17.5 Å². The molecule has 2 heterocycles. The minimum absolute atomic E-state index is 0.0219. The van der Waals surface area contributed by atoms with Crippen molar-refractivity contribution in [1.82, 2.24) is 4.90 Å². The summed E-state index contributed by atoms with van der Waals surface area (Å²) < 4.78 is 24.5. The molecule has 2 unspecified atom stereocenters. The van der Waals surface area contributed by atoms with Crippen LogP contribution in [-0.4, -0.2) is 44.0 Å². The van der Waals surface area contributed by atoms with Gasteiger partial charge >= 0.3 is 0 Å². The van der Waals surface area contributed by atoms with Gasteiger partial charge in [0.1, 0.15) is 0 Å². The molecule has 7 heteroatoms. The van der Waals surface area contributed by atoms with Gasteiger partial charge in [0.2, 0.25) is 0 Å². The van der Waals surface area contributed by atoms with Crippen LogP contribution in [0.5, 0.6) is 0 Å². The Morgan fingerprint density at radius 1 is 1.37 bits per heavy atom. The normalized spacial score (nSPS) is 23.7. The smallest absolute Gasteiger partial charge is 0.151 e. The molecule has 2 rings (SSSR count). The predicted molar refractivity (Wildman–Crippen MR) is 83.3 cm³/mol. The summed E-state index contributed by atoms with van der Waals surface area (Å²) in [4.78, 5) is 3.41. The van der Waals surface area contributed by atoms with Crippen LogP contribution >= 0.6 is 27.3 Å². The van der Waals surface area contributed by atoms with Gasteiger partial charge in [-0.2, -0.15) is 0 Å². The molecule has 0 amide bonds. The Bertz CT molecular complexity index is 528. The van der Waals surface area contributed by atoms with Crippen LogP contribution in [0.3, 0.4) is 0 Å². The summed E-state index contributed by atoms with van der Waals surface area (Å²) >= 11 is 5.14. The van der Waals surface area contributed by atoms with Gasteiger partial charge in [0.05, 0.1) is 21.3 Å². The Balaban J connectivity index is 2.20. The molecular formula is C12H19BrN2O2S2. The maximum atomic E-state index is 11.7. The van der Waals surface area contributed by atoms with Crippen LogP contribution in [0, 0.1) is 0 Å². The number of thiophene rings is 1. The minimum Gasteiger partial charge on any atom is -0.326 e. The summed E-state index contributed by atoms with van der Waals surface area (Å²) in [5.41, 5.74) is 6.13. The molecule has 1 aliphatic heterocycles. The van der Waals surface area contributed by atoms with Crippen LogP contribution in [0.15, 0.2) is 15.9 Å². The van der Waals surface area contributed by atoms with Crippen molar-refractivity contribution in [2.45, 2.75) is 25.4 Å².